The van der Waals surface area contributed by atoms with E-state index in [-0.39, 0.29) is 114 Å². The normalized spacial score (nSPS) is 10.7. The number of rotatable bonds is 20. The second-order valence-corrected chi connectivity index (χ2v) is 14.9. The van der Waals surface area contributed by atoms with Crippen molar-refractivity contribution >= 4 is 48.3 Å². The van der Waals surface area contributed by atoms with Gasteiger partial charge >= 0.3 is 0 Å². The first kappa shape index (κ1) is 47.1. The topological polar surface area (TPSA) is 283 Å². The second kappa shape index (κ2) is 22.2. The number of hydrogen-bond acceptors (Lipinski definition) is 14. The summed E-state index contributed by atoms with van der Waals surface area (Å²) in [4.78, 5) is 107. The molecule has 0 unspecified atom stereocenters. The fourth-order valence-corrected chi connectivity index (χ4v) is 6.89. The molecule has 0 aliphatic carbocycles. The molecular weight excluding hydrogens is 853 g/mol. The van der Waals surface area contributed by atoms with Gasteiger partial charge in [0.2, 0.25) is 0 Å². The summed E-state index contributed by atoms with van der Waals surface area (Å²) in [5.41, 5.74) is -4.00. The summed E-state index contributed by atoms with van der Waals surface area (Å²) in [6, 6.07) is 21.3. The molecule has 0 aliphatic rings. The quantitative estimate of drug-likeness (QED) is 0.0230. The van der Waals surface area contributed by atoms with Crippen molar-refractivity contribution in [2.45, 2.75) is 30.6 Å². The average Bonchev–Trinajstić information content (AvgIpc) is 3.28. The number of benzene rings is 1. The van der Waals surface area contributed by atoms with Gasteiger partial charge in [-0.15, -0.1) is 18.9 Å². The average molecular weight is 896 g/mol. The first-order valence-electron chi connectivity index (χ1n) is 19.7. The van der Waals surface area contributed by atoms with E-state index in [4.69, 9.17) is 5.26 Å². The van der Waals surface area contributed by atoms with Crippen molar-refractivity contribution < 1.29 is 40.0 Å². The van der Waals surface area contributed by atoms with Crippen LogP contribution in [-0.4, -0.2) is 125 Å². The number of aromatic nitrogens is 4. The fraction of sp³-hybridized carbons (Fsp3) is 0.244. The van der Waals surface area contributed by atoms with Crippen LogP contribution in [-0.2, 0) is 0 Å². The van der Waals surface area contributed by atoms with Crippen LogP contribution in [0.1, 0.15) is 67.6 Å². The molecule has 4 heterocycles. The van der Waals surface area contributed by atoms with Gasteiger partial charge in [0.25, 0.3) is 53.3 Å². The number of amides is 4. The molecule has 0 saturated heterocycles. The third-order valence-corrected chi connectivity index (χ3v) is 10.4. The van der Waals surface area contributed by atoms with Crippen LogP contribution in [0.4, 0.5) is 0 Å². The third-order valence-electron chi connectivity index (χ3n) is 9.78. The summed E-state index contributed by atoms with van der Waals surface area (Å²) in [5, 5.41) is 54.7. The van der Waals surface area contributed by atoms with Crippen molar-refractivity contribution in [2.24, 2.45) is 0 Å². The standard InChI is InChI=1S/C41H42BN9O12S/c43-27-64-29-19-17-28(18-20-29)42-47(41(59)33-12-6-16-37(55)51(33)63)26-8-25-46(40(58)32-11-5-15-36(54)50(32)62)23-2-1-22-45(39(57)31-10-4-14-35(53)49(31)61)24-7-21-44-38(56)30-9-3-13-34(52)48(30)60/h3-6,9-20,42,60-63H,1-2,7-8,21-26H2,(H,44,56). The summed E-state index contributed by atoms with van der Waals surface area (Å²) >= 11 is 0.952. The molecule has 0 radical (unpaired) electrons. The molecule has 0 bridgehead atoms. The van der Waals surface area contributed by atoms with E-state index in [2.05, 4.69) is 5.32 Å². The number of nitrogens with one attached hydrogen (secondary N) is 1. The number of nitrogens with zero attached hydrogens (tertiary/aromatic N) is 8. The lowest BCUT2D eigenvalue weighted by Crippen LogP contribution is -2.44. The molecular formula is C41H42BN9O12S. The maximum atomic E-state index is 13.9. The lowest BCUT2D eigenvalue weighted by molar-refractivity contribution is 0.0653. The number of carbonyl (C=O) groups excluding carboxylic acids is 4. The Hall–Kier alpha value is -8.00. The minimum Gasteiger partial charge on any atom is -0.425 e. The van der Waals surface area contributed by atoms with Gasteiger partial charge in [-0.2, -0.15) is 5.26 Å². The predicted molar refractivity (Wildman–Crippen MR) is 230 cm³/mol. The number of carbonyl (C=O) groups is 4. The Morgan fingerprint density at radius 1 is 0.547 bits per heavy atom. The molecule has 23 heteroatoms. The van der Waals surface area contributed by atoms with Crippen molar-refractivity contribution in [1.29, 1.82) is 5.26 Å². The lowest BCUT2D eigenvalue weighted by atomic mass is 9.80. The van der Waals surface area contributed by atoms with Crippen LogP contribution in [0.15, 0.2) is 121 Å². The molecule has 1 aromatic carbocycles. The van der Waals surface area contributed by atoms with E-state index < -0.39 is 45.9 Å². The summed E-state index contributed by atoms with van der Waals surface area (Å²) in [5.74, 6) is -2.92. The Bertz CT molecular complexity index is 2790. The zero-order chi connectivity index (χ0) is 46.3. The molecule has 332 valence electrons. The van der Waals surface area contributed by atoms with Gasteiger partial charge in [-0.25, -0.2) is 0 Å². The number of unbranched alkanes of at least 4 members (excludes halogenated alkanes) is 1. The molecule has 0 fully saturated rings. The zero-order valence-corrected chi connectivity index (χ0v) is 34.9. The van der Waals surface area contributed by atoms with Crippen molar-refractivity contribution in [3.63, 3.8) is 0 Å². The van der Waals surface area contributed by atoms with Crippen LogP contribution >= 0.6 is 11.8 Å². The molecule has 4 aromatic heterocycles. The third kappa shape index (κ3) is 11.9. The summed E-state index contributed by atoms with van der Waals surface area (Å²) in [6.45, 7) is -0.0238. The maximum Gasteiger partial charge on any atom is 0.283 e. The first-order chi connectivity index (χ1) is 30.7. The van der Waals surface area contributed by atoms with Crippen molar-refractivity contribution in [3.05, 3.63) is 161 Å². The number of nitriles is 1. The number of thioether (sulfide) groups is 1. The van der Waals surface area contributed by atoms with Gasteiger partial charge in [-0.05, 0) is 73.8 Å². The molecule has 0 atom stereocenters. The Labute approximate surface area is 367 Å². The van der Waals surface area contributed by atoms with E-state index in [0.29, 0.717) is 10.4 Å². The van der Waals surface area contributed by atoms with Crippen LogP contribution in [0.2, 0.25) is 0 Å². The lowest BCUT2D eigenvalue weighted by Gasteiger charge is -2.27. The van der Waals surface area contributed by atoms with Gasteiger partial charge in [0.05, 0.1) is 0 Å². The molecule has 5 N–H and O–H groups in total. The number of pyridine rings is 4. The monoisotopic (exact) mass is 895 g/mol. The van der Waals surface area contributed by atoms with Crippen LogP contribution in [0.25, 0.3) is 0 Å². The minimum absolute atomic E-state index is 0.000783. The molecule has 21 nitrogen and oxygen atoms in total. The number of hydrogen-bond donors (Lipinski definition) is 5. The molecule has 0 aliphatic heterocycles. The maximum absolute atomic E-state index is 13.9. The second-order valence-electron chi connectivity index (χ2n) is 14.1. The van der Waals surface area contributed by atoms with Crippen molar-refractivity contribution in [1.82, 2.24) is 38.8 Å². The molecule has 0 spiro atoms. The molecule has 0 saturated carbocycles. The van der Waals surface area contributed by atoms with E-state index >= 15 is 0 Å². The highest BCUT2D eigenvalue weighted by Crippen LogP contribution is 2.15. The fourth-order valence-electron chi connectivity index (χ4n) is 6.51. The smallest absolute Gasteiger partial charge is 0.283 e. The van der Waals surface area contributed by atoms with Gasteiger partial charge in [-0.3, -0.25) is 38.4 Å². The van der Waals surface area contributed by atoms with E-state index in [1.54, 1.807) is 24.3 Å². The largest absolute Gasteiger partial charge is 0.425 e. The zero-order valence-electron chi connectivity index (χ0n) is 34.1. The highest BCUT2D eigenvalue weighted by atomic mass is 32.2. The summed E-state index contributed by atoms with van der Waals surface area (Å²) in [7, 11) is 0.00757. The predicted octanol–water partition coefficient (Wildman–Crippen LogP) is 0.250. The Morgan fingerprint density at radius 2 is 0.953 bits per heavy atom. The SMILES string of the molecule is N#CSc1ccc(BN(CCCN(CCCCN(CCCNC(=O)c2cccc(=O)n2O)C(=O)c2cccc(=O)n2O)C(=O)c2cccc(=O)n2O)C(=O)c2cccc(=O)n2O)cc1. The first-order valence-corrected chi connectivity index (χ1v) is 20.5. The molecule has 64 heavy (non-hydrogen) atoms. The van der Waals surface area contributed by atoms with E-state index in [0.717, 1.165) is 36.0 Å². The van der Waals surface area contributed by atoms with Gasteiger partial charge < -0.3 is 40.8 Å². The van der Waals surface area contributed by atoms with Gasteiger partial charge in [0.1, 0.15) is 28.2 Å². The van der Waals surface area contributed by atoms with Crippen LogP contribution in [0, 0.1) is 10.7 Å². The van der Waals surface area contributed by atoms with Crippen LogP contribution in [0.3, 0.4) is 0 Å². The van der Waals surface area contributed by atoms with Crippen molar-refractivity contribution in [3.8, 4) is 5.40 Å². The Kier molecular flexibility index (Phi) is 16.3. The number of thiocyanates is 1. The summed E-state index contributed by atoms with van der Waals surface area (Å²) < 4.78 is 0.839. The Balaban J connectivity index is 1.31. The molecule has 5 rings (SSSR count). The van der Waals surface area contributed by atoms with E-state index in [9.17, 15) is 59.2 Å². The highest BCUT2D eigenvalue weighted by molar-refractivity contribution is 8.03. The van der Waals surface area contributed by atoms with Gasteiger partial charge in [-0.1, -0.05) is 41.9 Å². The van der Waals surface area contributed by atoms with Crippen LogP contribution < -0.4 is 33.0 Å². The molecule has 4 amide bonds. The Morgan fingerprint density at radius 3 is 1.42 bits per heavy atom. The molecule has 5 aromatic rings. The van der Waals surface area contributed by atoms with Crippen LogP contribution in [0.5, 0.6) is 0 Å². The van der Waals surface area contributed by atoms with E-state index in [1.165, 1.54) is 63.1 Å². The van der Waals surface area contributed by atoms with Gasteiger partial charge in [0.15, 0.2) is 0 Å². The van der Waals surface area contributed by atoms with Crippen molar-refractivity contribution in [2.75, 3.05) is 39.3 Å². The minimum atomic E-state index is -0.859. The summed E-state index contributed by atoms with van der Waals surface area (Å²) in [6.07, 6.45) is 0.744. The van der Waals surface area contributed by atoms with E-state index in [1.807, 2.05) is 5.40 Å². The highest BCUT2D eigenvalue weighted by Gasteiger charge is 2.25. The van der Waals surface area contributed by atoms with Gasteiger partial charge in [0, 0.05) is 68.4 Å².